The van der Waals surface area contributed by atoms with Crippen LogP contribution >= 0.6 is 0 Å². The molecule has 2 aromatic heterocycles. The Hall–Kier alpha value is -4.43. The number of hydrogen-bond donors (Lipinski definition) is 2. The van der Waals surface area contributed by atoms with Crippen molar-refractivity contribution < 1.29 is 14.3 Å². The molecule has 2 heterocycles. The van der Waals surface area contributed by atoms with Crippen LogP contribution in [0.4, 0.5) is 0 Å². The Bertz CT molecular complexity index is 1650. The summed E-state index contributed by atoms with van der Waals surface area (Å²) in [5, 5.41) is 8.25. The molecule has 1 fully saturated rings. The molecular formula is C34H37N5O3. The fourth-order valence-electron chi connectivity index (χ4n) is 5.49. The molecule has 42 heavy (non-hydrogen) atoms. The third-order valence-corrected chi connectivity index (χ3v) is 8.29. The molecule has 4 aromatic rings. The molecule has 216 valence electrons. The van der Waals surface area contributed by atoms with E-state index in [2.05, 4.69) is 34.1 Å². The van der Waals surface area contributed by atoms with E-state index >= 15 is 0 Å². The molecule has 8 heteroatoms. The van der Waals surface area contributed by atoms with Crippen LogP contribution in [0.1, 0.15) is 54.7 Å². The Morgan fingerprint density at radius 3 is 2.69 bits per heavy atom. The Kier molecular flexibility index (Phi) is 7.80. The smallest absolute Gasteiger partial charge is 0.258 e. The van der Waals surface area contributed by atoms with Crippen LogP contribution in [0.25, 0.3) is 16.5 Å². The summed E-state index contributed by atoms with van der Waals surface area (Å²) in [5.74, 6) is 0.570. The molecule has 0 unspecified atom stereocenters. The number of fused-ring (bicyclic) bond motifs is 1. The zero-order chi connectivity index (χ0) is 29.1. The van der Waals surface area contributed by atoms with Crippen molar-refractivity contribution in [3.8, 4) is 5.75 Å². The summed E-state index contributed by atoms with van der Waals surface area (Å²) in [7, 11) is 0. The van der Waals surface area contributed by atoms with Gasteiger partial charge < -0.3 is 19.9 Å². The zero-order valence-corrected chi connectivity index (χ0v) is 24.2. The summed E-state index contributed by atoms with van der Waals surface area (Å²) in [6, 6.07) is 18.0. The average molecular weight is 564 g/mol. The van der Waals surface area contributed by atoms with Gasteiger partial charge in [0.05, 0.1) is 30.6 Å². The second-order valence-corrected chi connectivity index (χ2v) is 11.4. The maximum Gasteiger partial charge on any atom is 0.258 e. The van der Waals surface area contributed by atoms with Crippen molar-refractivity contribution in [1.82, 2.24) is 25.0 Å². The third-order valence-electron chi connectivity index (χ3n) is 8.29. The number of nitrogens with one attached hydrogen (secondary N) is 2. The normalized spacial score (nSPS) is 15.9. The minimum Gasteiger partial charge on any atom is -0.493 e. The van der Waals surface area contributed by atoms with E-state index in [9.17, 15) is 9.59 Å². The van der Waals surface area contributed by atoms with E-state index < -0.39 is 0 Å². The van der Waals surface area contributed by atoms with Crippen molar-refractivity contribution in [3.05, 3.63) is 102 Å². The van der Waals surface area contributed by atoms with Crippen molar-refractivity contribution in [2.24, 2.45) is 5.41 Å². The van der Waals surface area contributed by atoms with Gasteiger partial charge in [0.2, 0.25) is 0 Å². The molecule has 8 nitrogen and oxygen atoms in total. The summed E-state index contributed by atoms with van der Waals surface area (Å²) in [5.41, 5.74) is 4.62. The molecule has 0 saturated heterocycles. The van der Waals surface area contributed by atoms with E-state index in [1.807, 2.05) is 54.6 Å². The molecule has 0 bridgehead atoms. The number of hydrogen-bond acceptors (Lipinski definition) is 5. The number of carbonyl (C=O) groups is 2. The van der Waals surface area contributed by atoms with Crippen LogP contribution in [-0.4, -0.2) is 57.6 Å². The molecule has 2 aliphatic carbocycles. The zero-order valence-electron chi connectivity index (χ0n) is 24.2. The van der Waals surface area contributed by atoms with Crippen LogP contribution in [0.2, 0.25) is 0 Å². The monoisotopic (exact) mass is 563 g/mol. The van der Waals surface area contributed by atoms with E-state index in [1.165, 1.54) is 12.8 Å². The van der Waals surface area contributed by atoms with Gasteiger partial charge in [-0.15, -0.1) is 0 Å². The van der Waals surface area contributed by atoms with Gasteiger partial charge in [-0.2, -0.15) is 5.10 Å². The molecule has 2 N–H and O–H groups in total. The average Bonchev–Trinajstić information content (AvgIpc) is 3.39. The van der Waals surface area contributed by atoms with E-state index in [0.717, 1.165) is 54.2 Å². The van der Waals surface area contributed by atoms with Crippen molar-refractivity contribution in [2.45, 2.75) is 39.7 Å². The second kappa shape index (κ2) is 11.8. The summed E-state index contributed by atoms with van der Waals surface area (Å²) in [4.78, 5) is 31.7. The van der Waals surface area contributed by atoms with Crippen LogP contribution in [0, 0.1) is 5.41 Å². The van der Waals surface area contributed by atoms with Crippen LogP contribution < -0.4 is 10.1 Å². The number of allylic oxidation sites excluding steroid dienone is 3. The number of rotatable bonds is 12. The first-order chi connectivity index (χ1) is 20.4. The Labute approximate surface area is 246 Å². The summed E-state index contributed by atoms with van der Waals surface area (Å²) < 4.78 is 8.00. The Morgan fingerprint density at radius 2 is 1.93 bits per heavy atom. The van der Waals surface area contributed by atoms with Gasteiger partial charge in [-0.1, -0.05) is 50.3 Å². The van der Waals surface area contributed by atoms with Crippen LogP contribution in [0.5, 0.6) is 5.75 Å². The van der Waals surface area contributed by atoms with Gasteiger partial charge in [-0.25, -0.2) is 0 Å². The number of carbonyl (C=O) groups excluding carboxylic acids is 2. The number of Topliss-reactive ketones (excluding diaryl/α,β-unsaturated/α-hetero) is 1. The number of ether oxygens (including phenoxy) is 1. The predicted molar refractivity (Wildman–Crippen MR) is 164 cm³/mol. The lowest BCUT2D eigenvalue weighted by Crippen LogP contribution is -2.33. The van der Waals surface area contributed by atoms with Gasteiger partial charge in [0.25, 0.3) is 5.91 Å². The third kappa shape index (κ3) is 6.24. The fraction of sp³-hybridized carbons (Fsp3) is 0.324. The van der Waals surface area contributed by atoms with Gasteiger partial charge in [-0.05, 0) is 61.8 Å². The highest BCUT2D eigenvalue weighted by Crippen LogP contribution is 2.46. The molecule has 0 aliphatic heterocycles. The lowest BCUT2D eigenvalue weighted by molar-refractivity contribution is -0.113. The van der Waals surface area contributed by atoms with E-state index in [-0.39, 0.29) is 23.5 Å². The first-order valence-corrected chi connectivity index (χ1v) is 14.7. The molecule has 0 spiro atoms. The molecule has 6 rings (SSSR count). The Morgan fingerprint density at radius 1 is 1.12 bits per heavy atom. The highest BCUT2D eigenvalue weighted by atomic mass is 16.5. The number of nitrogens with zero attached hydrogens (tertiary/aromatic N) is 3. The van der Waals surface area contributed by atoms with Gasteiger partial charge in [0.1, 0.15) is 5.75 Å². The molecule has 1 amide bonds. The number of amides is 1. The first-order valence-electron chi connectivity index (χ1n) is 14.7. The van der Waals surface area contributed by atoms with Crippen molar-refractivity contribution in [2.75, 3.05) is 26.2 Å². The number of H-pyrrole nitrogens is 1. The molecule has 1 saturated carbocycles. The van der Waals surface area contributed by atoms with Crippen LogP contribution in [-0.2, 0) is 11.3 Å². The standard InChI is InChI=1S/C34H37N5O3/c1-3-38(4-2)22-34(14-15-34)23-42-28-11-12-30-25(16-28)17-31(37-30)29-18-27(10-13-32(29)40)36-33(41)26-19-35-39(21-26)20-24-8-6-5-7-9-24/h5-12,16-19,21,37H,3-4,13-15,20,22-23H2,1-2H3,(H,36,41). The first kappa shape index (κ1) is 27.7. The molecule has 2 aliphatic rings. The minimum absolute atomic E-state index is 0.00112. The Balaban J connectivity index is 1.12. The maximum atomic E-state index is 13.0. The summed E-state index contributed by atoms with van der Waals surface area (Å²) in [6.07, 6.45) is 9.41. The number of ketones is 1. The van der Waals surface area contributed by atoms with E-state index in [4.69, 9.17) is 4.74 Å². The van der Waals surface area contributed by atoms with E-state index in [1.54, 1.807) is 29.2 Å². The topological polar surface area (TPSA) is 92.2 Å². The van der Waals surface area contributed by atoms with Gasteiger partial charge >= 0.3 is 0 Å². The van der Waals surface area contributed by atoms with Crippen molar-refractivity contribution >= 4 is 28.2 Å². The van der Waals surface area contributed by atoms with Crippen molar-refractivity contribution in [1.29, 1.82) is 0 Å². The fourth-order valence-corrected chi connectivity index (χ4v) is 5.49. The lowest BCUT2D eigenvalue weighted by Gasteiger charge is -2.25. The number of benzene rings is 2. The summed E-state index contributed by atoms with van der Waals surface area (Å²) >= 11 is 0. The van der Waals surface area contributed by atoms with Gasteiger partial charge in [-0.3, -0.25) is 14.3 Å². The van der Waals surface area contributed by atoms with Crippen molar-refractivity contribution in [3.63, 3.8) is 0 Å². The van der Waals surface area contributed by atoms with Crippen LogP contribution in [0.3, 0.4) is 0 Å². The van der Waals surface area contributed by atoms with E-state index in [0.29, 0.717) is 23.4 Å². The minimum atomic E-state index is -0.265. The number of aromatic amines is 1. The maximum absolute atomic E-state index is 13.0. The molecule has 0 radical (unpaired) electrons. The summed E-state index contributed by atoms with van der Waals surface area (Å²) in [6.45, 7) is 8.92. The van der Waals surface area contributed by atoms with Gasteiger partial charge in [0, 0.05) is 46.8 Å². The molecule has 2 aromatic carbocycles. The van der Waals surface area contributed by atoms with Gasteiger partial charge in [0.15, 0.2) is 5.78 Å². The SMILES string of the molecule is CCN(CC)CC1(COc2ccc3[nH]c(C4=CC(NC(=O)c5cnn(Cc6ccccc6)c5)=CCC4=O)cc3c2)CC1. The number of aromatic nitrogens is 3. The predicted octanol–water partition coefficient (Wildman–Crippen LogP) is 5.58. The highest BCUT2D eigenvalue weighted by Gasteiger charge is 2.44. The van der Waals surface area contributed by atoms with Crippen LogP contribution in [0.15, 0.2) is 84.8 Å². The lowest BCUT2D eigenvalue weighted by atomic mass is 9.98. The highest BCUT2D eigenvalue weighted by molar-refractivity contribution is 6.23. The second-order valence-electron chi connectivity index (χ2n) is 11.4. The quantitative estimate of drug-likeness (QED) is 0.235. The molecular weight excluding hydrogens is 526 g/mol. The molecule has 0 atom stereocenters. The largest absolute Gasteiger partial charge is 0.493 e.